The van der Waals surface area contributed by atoms with Gasteiger partial charge in [-0.15, -0.1) is 0 Å². The quantitative estimate of drug-likeness (QED) is 0.716. The Hall–Kier alpha value is -0.770. The number of halogens is 2. The van der Waals surface area contributed by atoms with E-state index in [2.05, 4.69) is 23.5 Å². The molecule has 0 aliphatic carbocycles. The highest BCUT2D eigenvalue weighted by atomic mass is 35.5. The Balaban J connectivity index is 1.91. The van der Waals surface area contributed by atoms with Crippen LogP contribution in [0.25, 0.3) is 0 Å². The van der Waals surface area contributed by atoms with E-state index in [0.29, 0.717) is 19.1 Å². The molecule has 0 saturated carbocycles. The molecule has 0 amide bonds. The van der Waals surface area contributed by atoms with Gasteiger partial charge in [0, 0.05) is 50.4 Å². The van der Waals surface area contributed by atoms with E-state index >= 15 is 0 Å². The van der Waals surface area contributed by atoms with Gasteiger partial charge in [0.2, 0.25) is 0 Å². The van der Waals surface area contributed by atoms with Gasteiger partial charge in [0.25, 0.3) is 10.2 Å². The molecule has 1 heterocycles. The van der Waals surface area contributed by atoms with Crippen LogP contribution in [0.15, 0.2) is 18.2 Å². The maximum Gasteiger partial charge on any atom is 0.279 e. The minimum Gasteiger partial charge on any atom is -0.374 e. The monoisotopic (exact) mass is 407 g/mol. The number of hydrogen-bond donors (Lipinski definition) is 1. The van der Waals surface area contributed by atoms with Gasteiger partial charge in [0.1, 0.15) is 5.82 Å². The van der Waals surface area contributed by atoms with Gasteiger partial charge in [-0.1, -0.05) is 31.5 Å². The Bertz CT molecular complexity index is 682. The summed E-state index contributed by atoms with van der Waals surface area (Å²) >= 11 is 5.97. The zero-order valence-electron chi connectivity index (χ0n) is 15.4. The molecular formula is C17H27ClFN3O3S. The van der Waals surface area contributed by atoms with E-state index < -0.39 is 16.0 Å². The van der Waals surface area contributed by atoms with Crippen LogP contribution in [-0.2, 0) is 21.5 Å². The van der Waals surface area contributed by atoms with Gasteiger partial charge in [0.15, 0.2) is 0 Å². The largest absolute Gasteiger partial charge is 0.374 e. The van der Waals surface area contributed by atoms with Crippen molar-refractivity contribution >= 4 is 21.8 Å². The summed E-state index contributed by atoms with van der Waals surface area (Å²) in [4.78, 5) is 2.27. The average Bonchev–Trinajstić information content (AvgIpc) is 2.56. The van der Waals surface area contributed by atoms with E-state index in [4.69, 9.17) is 16.3 Å². The summed E-state index contributed by atoms with van der Waals surface area (Å²) in [5.74, 6) is 0.0154. The Kier molecular flexibility index (Phi) is 7.81. The lowest BCUT2D eigenvalue weighted by Crippen LogP contribution is -2.50. The van der Waals surface area contributed by atoms with Crippen LogP contribution in [0.2, 0.25) is 5.02 Å². The van der Waals surface area contributed by atoms with Crippen LogP contribution < -0.4 is 4.72 Å². The predicted octanol–water partition coefficient (Wildman–Crippen LogP) is 2.10. The van der Waals surface area contributed by atoms with E-state index in [0.717, 1.165) is 17.4 Å². The first kappa shape index (κ1) is 21.5. The van der Waals surface area contributed by atoms with Gasteiger partial charge in [-0.2, -0.15) is 17.4 Å². The number of hydrogen-bond acceptors (Lipinski definition) is 4. The molecule has 1 saturated heterocycles. The summed E-state index contributed by atoms with van der Waals surface area (Å²) in [6, 6.07) is 4.28. The fourth-order valence-electron chi connectivity index (χ4n) is 2.89. The molecule has 0 radical (unpaired) electrons. The van der Waals surface area contributed by atoms with E-state index in [1.807, 2.05) is 0 Å². The molecule has 1 aliphatic rings. The summed E-state index contributed by atoms with van der Waals surface area (Å²) in [5.41, 5.74) is 0.152. The summed E-state index contributed by atoms with van der Waals surface area (Å²) < 4.78 is 48.0. The molecule has 0 aromatic heterocycles. The van der Waals surface area contributed by atoms with Crippen molar-refractivity contribution in [3.8, 4) is 0 Å². The third kappa shape index (κ3) is 6.14. The lowest BCUT2D eigenvalue weighted by Gasteiger charge is -2.34. The first-order valence-electron chi connectivity index (χ1n) is 8.67. The van der Waals surface area contributed by atoms with Crippen LogP contribution in [-0.4, -0.2) is 63.6 Å². The first-order chi connectivity index (χ1) is 12.2. The van der Waals surface area contributed by atoms with E-state index in [1.165, 1.54) is 25.2 Å². The Morgan fingerprint density at radius 2 is 2.19 bits per heavy atom. The third-order valence-corrected chi connectivity index (χ3v) is 6.03. The Morgan fingerprint density at radius 1 is 1.46 bits per heavy atom. The molecule has 6 nitrogen and oxygen atoms in total. The second-order valence-corrected chi connectivity index (χ2v) is 9.23. The van der Waals surface area contributed by atoms with Crippen molar-refractivity contribution in [3.05, 3.63) is 34.6 Å². The summed E-state index contributed by atoms with van der Waals surface area (Å²) in [7, 11) is -2.39. The number of morpholine rings is 1. The molecule has 1 aromatic rings. The van der Waals surface area contributed by atoms with Crippen molar-refractivity contribution in [3.63, 3.8) is 0 Å². The highest BCUT2D eigenvalue weighted by molar-refractivity contribution is 7.87. The van der Waals surface area contributed by atoms with Crippen molar-refractivity contribution in [1.29, 1.82) is 0 Å². The van der Waals surface area contributed by atoms with E-state index in [1.54, 1.807) is 0 Å². The fourth-order valence-corrected chi connectivity index (χ4v) is 4.02. The smallest absolute Gasteiger partial charge is 0.279 e. The molecule has 26 heavy (non-hydrogen) atoms. The fraction of sp³-hybridized carbons (Fsp3) is 0.647. The Labute approximate surface area is 160 Å². The third-order valence-electron chi connectivity index (χ3n) is 4.19. The van der Waals surface area contributed by atoms with Crippen LogP contribution in [0.4, 0.5) is 4.39 Å². The average molecular weight is 408 g/mol. The molecule has 1 aromatic carbocycles. The van der Waals surface area contributed by atoms with Gasteiger partial charge in [-0.05, 0) is 18.1 Å². The van der Waals surface area contributed by atoms with Crippen LogP contribution in [0, 0.1) is 11.7 Å². The lowest BCUT2D eigenvalue weighted by atomic mass is 10.2. The van der Waals surface area contributed by atoms with E-state index in [9.17, 15) is 12.8 Å². The van der Waals surface area contributed by atoms with Crippen LogP contribution in [0.5, 0.6) is 0 Å². The topological polar surface area (TPSA) is 61.9 Å². The molecule has 0 bridgehead atoms. The maximum atomic E-state index is 13.9. The minimum absolute atomic E-state index is 0.147. The van der Waals surface area contributed by atoms with Crippen molar-refractivity contribution in [2.24, 2.45) is 5.92 Å². The van der Waals surface area contributed by atoms with Gasteiger partial charge in [-0.25, -0.2) is 4.39 Å². The molecule has 1 atom stereocenters. The van der Waals surface area contributed by atoms with E-state index in [-0.39, 0.29) is 29.8 Å². The van der Waals surface area contributed by atoms with Gasteiger partial charge in [0.05, 0.1) is 12.7 Å². The van der Waals surface area contributed by atoms with Gasteiger partial charge >= 0.3 is 0 Å². The second-order valence-electron chi connectivity index (χ2n) is 6.96. The number of rotatable bonds is 8. The number of benzene rings is 1. The molecule has 1 fully saturated rings. The Morgan fingerprint density at radius 3 is 2.85 bits per heavy atom. The number of nitrogens with zero attached hydrogens (tertiary/aromatic N) is 2. The van der Waals surface area contributed by atoms with Gasteiger partial charge < -0.3 is 4.74 Å². The van der Waals surface area contributed by atoms with Crippen molar-refractivity contribution in [2.45, 2.75) is 26.5 Å². The minimum atomic E-state index is -3.77. The molecule has 9 heteroatoms. The normalized spacial score (nSPS) is 19.4. The molecule has 1 N–H and O–H groups in total. The van der Waals surface area contributed by atoms with Crippen LogP contribution in [0.1, 0.15) is 19.4 Å². The number of nitrogens with one attached hydrogen (secondary N) is 1. The zero-order valence-corrected chi connectivity index (χ0v) is 17.0. The number of ether oxygens (including phenoxy) is 1. The maximum absolute atomic E-state index is 13.9. The standard InChI is InChI=1S/C17H27ClFN3O3S/c1-13(2)10-22-7-8-25-14(11-22)9-20-26(23,24)21(3)12-15-16(18)5-4-6-17(15)19/h4-6,13-14,20H,7-12H2,1-3H3. The summed E-state index contributed by atoms with van der Waals surface area (Å²) in [6.45, 7) is 7.40. The van der Waals surface area contributed by atoms with Gasteiger partial charge in [-0.3, -0.25) is 4.90 Å². The molecule has 148 valence electrons. The highest BCUT2D eigenvalue weighted by Gasteiger charge is 2.25. The molecule has 1 aliphatic heterocycles. The first-order valence-corrected chi connectivity index (χ1v) is 10.5. The molecule has 1 unspecified atom stereocenters. The van der Waals surface area contributed by atoms with Crippen LogP contribution in [0.3, 0.4) is 0 Å². The van der Waals surface area contributed by atoms with Crippen molar-refractivity contribution in [2.75, 3.05) is 39.8 Å². The lowest BCUT2D eigenvalue weighted by molar-refractivity contribution is -0.0281. The van der Waals surface area contributed by atoms with Crippen LogP contribution >= 0.6 is 11.6 Å². The SMILES string of the molecule is CC(C)CN1CCOC(CNS(=O)(=O)N(C)Cc2c(F)cccc2Cl)C1. The highest BCUT2D eigenvalue weighted by Crippen LogP contribution is 2.21. The molecule has 0 spiro atoms. The molecule has 2 rings (SSSR count). The summed E-state index contributed by atoms with van der Waals surface area (Å²) in [6.07, 6.45) is -0.206. The molecular weight excluding hydrogens is 381 g/mol. The predicted molar refractivity (Wildman–Crippen MR) is 101 cm³/mol. The zero-order chi connectivity index (χ0) is 19.3. The van der Waals surface area contributed by atoms with Crippen molar-refractivity contribution in [1.82, 2.24) is 13.9 Å². The second kappa shape index (κ2) is 9.43. The summed E-state index contributed by atoms with van der Waals surface area (Å²) in [5, 5.41) is 0.201. The van der Waals surface area contributed by atoms with Crippen molar-refractivity contribution < 1.29 is 17.5 Å².